The van der Waals surface area contributed by atoms with Crippen molar-refractivity contribution in [3.8, 4) is 0 Å². The Morgan fingerprint density at radius 2 is 2.00 bits per heavy atom. The molecule has 0 aliphatic carbocycles. The van der Waals surface area contributed by atoms with Crippen LogP contribution in [0.25, 0.3) is 0 Å². The van der Waals surface area contributed by atoms with Crippen LogP contribution in [0.3, 0.4) is 0 Å². The summed E-state index contributed by atoms with van der Waals surface area (Å²) in [6.07, 6.45) is 0. The van der Waals surface area contributed by atoms with E-state index in [-0.39, 0.29) is 25.6 Å². The van der Waals surface area contributed by atoms with Crippen molar-refractivity contribution in [2.24, 2.45) is 10.9 Å². The van der Waals surface area contributed by atoms with Crippen LogP contribution >= 0.6 is 0 Å². The third kappa shape index (κ3) is 3.51. The molecule has 6 heteroatoms. The van der Waals surface area contributed by atoms with Crippen LogP contribution in [-0.2, 0) is 0 Å². The molecule has 0 bridgehead atoms. The van der Waals surface area contributed by atoms with Crippen molar-refractivity contribution < 1.29 is 15.4 Å². The number of nitrogens with two attached hydrogens (primary N) is 1. The molecule has 0 aliphatic rings. The first-order valence-corrected chi connectivity index (χ1v) is 3.51. The molecule has 0 spiro atoms. The zero-order valence-electron chi connectivity index (χ0n) is 6.99. The summed E-state index contributed by atoms with van der Waals surface area (Å²) in [6, 6.07) is 0. The molecule has 72 valence electrons. The van der Waals surface area contributed by atoms with Gasteiger partial charge in [-0.05, 0) is 6.92 Å². The van der Waals surface area contributed by atoms with Crippen LogP contribution in [0.2, 0.25) is 0 Å². The fourth-order valence-corrected chi connectivity index (χ4v) is 0.501. The van der Waals surface area contributed by atoms with Gasteiger partial charge in [0, 0.05) is 0 Å². The first-order valence-electron chi connectivity index (χ1n) is 3.51. The minimum absolute atomic E-state index is 0.00289. The van der Waals surface area contributed by atoms with Crippen molar-refractivity contribution in [3.05, 3.63) is 0 Å². The number of rotatable bonds is 5. The fourth-order valence-electron chi connectivity index (χ4n) is 0.501. The van der Waals surface area contributed by atoms with Crippen LogP contribution in [-0.4, -0.2) is 46.6 Å². The molecule has 0 amide bonds. The molecule has 0 unspecified atom stereocenters. The average Bonchev–Trinajstić information content (AvgIpc) is 2.13. The molecule has 0 rings (SSSR count). The van der Waals surface area contributed by atoms with Gasteiger partial charge in [0.15, 0.2) is 5.84 Å². The molecule has 0 saturated carbocycles. The number of aliphatic hydroxyl groups excluding tert-OH is 2. The van der Waals surface area contributed by atoms with Gasteiger partial charge in [-0.25, -0.2) is 0 Å². The average molecular weight is 177 g/mol. The Balaban J connectivity index is 3.89. The standard InChI is InChI=1S/C6H15N3O3/c1-6(3-10,4-11)8-2-5(7)9-12/h8,10-12H,2-4H2,1H3,(H2,7,9). The van der Waals surface area contributed by atoms with Crippen LogP contribution < -0.4 is 11.1 Å². The highest BCUT2D eigenvalue weighted by Crippen LogP contribution is 1.98. The lowest BCUT2D eigenvalue weighted by molar-refractivity contribution is 0.108. The maximum atomic E-state index is 8.81. The third-order valence-electron chi connectivity index (χ3n) is 1.52. The Morgan fingerprint density at radius 3 is 2.33 bits per heavy atom. The number of nitrogens with one attached hydrogen (secondary N) is 1. The molecule has 0 radical (unpaired) electrons. The summed E-state index contributed by atoms with van der Waals surface area (Å²) in [5.41, 5.74) is 4.37. The van der Waals surface area contributed by atoms with Gasteiger partial charge in [-0.2, -0.15) is 0 Å². The van der Waals surface area contributed by atoms with E-state index in [1.807, 2.05) is 0 Å². The second-order valence-electron chi connectivity index (χ2n) is 2.82. The molecule has 6 nitrogen and oxygen atoms in total. The summed E-state index contributed by atoms with van der Waals surface area (Å²) in [5.74, 6) is 0.00289. The van der Waals surface area contributed by atoms with Gasteiger partial charge in [0.2, 0.25) is 0 Å². The van der Waals surface area contributed by atoms with Crippen LogP contribution in [0.4, 0.5) is 0 Å². The van der Waals surface area contributed by atoms with E-state index in [2.05, 4.69) is 10.5 Å². The van der Waals surface area contributed by atoms with Crippen molar-refractivity contribution >= 4 is 5.84 Å². The number of nitrogens with zero attached hydrogens (tertiary/aromatic N) is 1. The molecular formula is C6H15N3O3. The predicted octanol–water partition coefficient (Wildman–Crippen LogP) is -1.93. The Bertz CT molecular complexity index is 156. The first kappa shape index (κ1) is 11.2. The van der Waals surface area contributed by atoms with E-state index in [4.69, 9.17) is 21.2 Å². The van der Waals surface area contributed by atoms with E-state index in [0.717, 1.165) is 0 Å². The molecule has 0 heterocycles. The Hall–Kier alpha value is -0.850. The monoisotopic (exact) mass is 177 g/mol. The maximum Gasteiger partial charge on any atom is 0.153 e. The highest BCUT2D eigenvalue weighted by molar-refractivity contribution is 5.81. The van der Waals surface area contributed by atoms with Gasteiger partial charge in [-0.15, -0.1) is 0 Å². The van der Waals surface area contributed by atoms with Crippen LogP contribution in [0.15, 0.2) is 5.16 Å². The molecule has 0 saturated heterocycles. The highest BCUT2D eigenvalue weighted by atomic mass is 16.4. The Morgan fingerprint density at radius 1 is 1.50 bits per heavy atom. The van der Waals surface area contributed by atoms with E-state index in [1.165, 1.54) is 0 Å². The highest BCUT2D eigenvalue weighted by Gasteiger charge is 2.21. The van der Waals surface area contributed by atoms with E-state index in [0.29, 0.717) is 0 Å². The quantitative estimate of drug-likeness (QED) is 0.145. The smallest absolute Gasteiger partial charge is 0.153 e. The molecule has 0 aromatic rings. The number of aliphatic hydroxyl groups is 2. The normalized spacial score (nSPS) is 13.4. The zero-order chi connectivity index (χ0) is 9.61. The minimum Gasteiger partial charge on any atom is -0.409 e. The van der Waals surface area contributed by atoms with Crippen molar-refractivity contribution in [1.29, 1.82) is 0 Å². The van der Waals surface area contributed by atoms with Crippen LogP contribution in [0.5, 0.6) is 0 Å². The van der Waals surface area contributed by atoms with Crippen molar-refractivity contribution in [1.82, 2.24) is 5.32 Å². The second-order valence-corrected chi connectivity index (χ2v) is 2.82. The van der Waals surface area contributed by atoms with E-state index in [1.54, 1.807) is 6.92 Å². The summed E-state index contributed by atoms with van der Waals surface area (Å²) in [5, 5.41) is 31.2. The van der Waals surface area contributed by atoms with Crippen LogP contribution in [0.1, 0.15) is 6.92 Å². The zero-order valence-corrected chi connectivity index (χ0v) is 6.99. The summed E-state index contributed by atoms with van der Waals surface area (Å²) < 4.78 is 0. The lowest BCUT2D eigenvalue weighted by Crippen LogP contribution is -2.51. The molecule has 0 aliphatic heterocycles. The second kappa shape index (κ2) is 4.91. The van der Waals surface area contributed by atoms with E-state index >= 15 is 0 Å². The van der Waals surface area contributed by atoms with Gasteiger partial charge >= 0.3 is 0 Å². The minimum atomic E-state index is -0.796. The largest absolute Gasteiger partial charge is 0.409 e. The number of oxime groups is 1. The van der Waals surface area contributed by atoms with Gasteiger partial charge in [-0.3, -0.25) is 0 Å². The Labute approximate surface area is 70.7 Å². The summed E-state index contributed by atoms with van der Waals surface area (Å²) >= 11 is 0. The Kier molecular flexibility index (Phi) is 4.57. The molecule has 0 fully saturated rings. The lowest BCUT2D eigenvalue weighted by Gasteiger charge is -2.25. The van der Waals surface area contributed by atoms with Crippen LogP contribution in [0, 0.1) is 0 Å². The molecule has 0 atom stereocenters. The lowest BCUT2D eigenvalue weighted by atomic mass is 10.1. The van der Waals surface area contributed by atoms with Gasteiger partial charge in [0.25, 0.3) is 0 Å². The van der Waals surface area contributed by atoms with Gasteiger partial charge < -0.3 is 26.5 Å². The third-order valence-corrected chi connectivity index (χ3v) is 1.52. The van der Waals surface area contributed by atoms with Gasteiger partial charge in [0.1, 0.15) is 0 Å². The summed E-state index contributed by atoms with van der Waals surface area (Å²) in [6.45, 7) is 1.30. The van der Waals surface area contributed by atoms with E-state index < -0.39 is 5.54 Å². The van der Waals surface area contributed by atoms with Gasteiger partial charge in [-0.1, -0.05) is 5.16 Å². The molecule has 0 aromatic carbocycles. The number of hydrogen-bond acceptors (Lipinski definition) is 5. The topological polar surface area (TPSA) is 111 Å². The fraction of sp³-hybridized carbons (Fsp3) is 0.833. The van der Waals surface area contributed by atoms with E-state index in [9.17, 15) is 0 Å². The van der Waals surface area contributed by atoms with Crippen molar-refractivity contribution in [2.75, 3.05) is 19.8 Å². The number of amidine groups is 1. The maximum absolute atomic E-state index is 8.81. The first-order chi connectivity index (χ1) is 5.58. The van der Waals surface area contributed by atoms with Crippen molar-refractivity contribution in [3.63, 3.8) is 0 Å². The molecule has 12 heavy (non-hydrogen) atoms. The predicted molar refractivity (Wildman–Crippen MR) is 44.0 cm³/mol. The SMILES string of the molecule is CC(CO)(CO)NCC(N)=NO. The summed E-state index contributed by atoms with van der Waals surface area (Å²) in [4.78, 5) is 0. The molecular weight excluding hydrogens is 162 g/mol. The van der Waals surface area contributed by atoms with Gasteiger partial charge in [0.05, 0.1) is 25.3 Å². The number of hydrogen-bond donors (Lipinski definition) is 5. The van der Waals surface area contributed by atoms with Crippen molar-refractivity contribution in [2.45, 2.75) is 12.5 Å². The summed E-state index contributed by atoms with van der Waals surface area (Å²) in [7, 11) is 0. The molecule has 6 N–H and O–H groups in total. The molecule has 0 aromatic heterocycles.